The molecule has 3 aromatic rings. The van der Waals surface area contributed by atoms with E-state index in [2.05, 4.69) is 10.1 Å². The summed E-state index contributed by atoms with van der Waals surface area (Å²) in [7, 11) is 0. The van der Waals surface area contributed by atoms with Gasteiger partial charge in [-0.05, 0) is 36.1 Å². The monoisotopic (exact) mass is 310 g/mol. The lowest BCUT2D eigenvalue weighted by Gasteiger charge is -2.03. The number of ether oxygens (including phenoxy) is 1. The van der Waals surface area contributed by atoms with Crippen LogP contribution in [0, 0.1) is 5.82 Å². The Morgan fingerprint density at radius 3 is 2.57 bits per heavy atom. The molecule has 1 aromatic heterocycles. The summed E-state index contributed by atoms with van der Waals surface area (Å²) in [6.07, 6.45) is 1.85. The van der Waals surface area contributed by atoms with Gasteiger partial charge in [-0.1, -0.05) is 41.6 Å². The Labute approximate surface area is 132 Å². The van der Waals surface area contributed by atoms with Gasteiger partial charge in [0.1, 0.15) is 11.9 Å². The van der Waals surface area contributed by atoms with Crippen molar-refractivity contribution in [2.75, 3.05) is 6.61 Å². The number of rotatable bonds is 3. The Bertz CT molecular complexity index is 808. The zero-order valence-electron chi connectivity index (χ0n) is 12.4. The highest BCUT2D eigenvalue weighted by Gasteiger charge is 2.24. The van der Waals surface area contributed by atoms with Crippen LogP contribution in [0.5, 0.6) is 0 Å². The zero-order chi connectivity index (χ0) is 15.6. The first-order chi connectivity index (χ1) is 11.3. The second-order valence-electron chi connectivity index (χ2n) is 5.55. The normalized spacial score (nSPS) is 17.5. The van der Waals surface area contributed by atoms with Crippen molar-refractivity contribution in [3.05, 3.63) is 60.2 Å². The molecule has 2 aromatic carbocycles. The van der Waals surface area contributed by atoms with Crippen molar-refractivity contribution < 1.29 is 13.7 Å². The van der Waals surface area contributed by atoms with Crippen LogP contribution in [-0.2, 0) is 4.74 Å². The molecule has 4 rings (SSSR count). The molecule has 0 spiro atoms. The van der Waals surface area contributed by atoms with Crippen LogP contribution in [0.2, 0.25) is 0 Å². The lowest BCUT2D eigenvalue weighted by atomic mass is 10.0. The molecular weight excluding hydrogens is 295 g/mol. The van der Waals surface area contributed by atoms with Gasteiger partial charge in [0, 0.05) is 12.2 Å². The van der Waals surface area contributed by atoms with Crippen LogP contribution >= 0.6 is 0 Å². The van der Waals surface area contributed by atoms with Crippen LogP contribution in [0.1, 0.15) is 24.8 Å². The molecule has 116 valence electrons. The van der Waals surface area contributed by atoms with E-state index in [9.17, 15) is 4.39 Å². The molecule has 1 aliphatic heterocycles. The highest BCUT2D eigenvalue weighted by atomic mass is 19.1. The van der Waals surface area contributed by atoms with Crippen LogP contribution < -0.4 is 0 Å². The van der Waals surface area contributed by atoms with E-state index < -0.39 is 0 Å². The SMILES string of the molecule is Fc1cccc(-c2ccc(-c3noc(C4CCCO4)n3)cc2)c1. The van der Waals surface area contributed by atoms with Crippen molar-refractivity contribution >= 4 is 0 Å². The Morgan fingerprint density at radius 1 is 1.00 bits per heavy atom. The molecule has 1 fully saturated rings. The van der Waals surface area contributed by atoms with Gasteiger partial charge in [0.05, 0.1) is 0 Å². The van der Waals surface area contributed by atoms with Crippen molar-refractivity contribution in [2.45, 2.75) is 18.9 Å². The lowest BCUT2D eigenvalue weighted by molar-refractivity contribution is 0.0835. The number of halogens is 1. The first kappa shape index (κ1) is 14.1. The molecule has 1 unspecified atom stereocenters. The molecule has 0 N–H and O–H groups in total. The van der Waals surface area contributed by atoms with Gasteiger partial charge < -0.3 is 9.26 Å². The van der Waals surface area contributed by atoms with Crippen LogP contribution in [0.3, 0.4) is 0 Å². The molecule has 0 amide bonds. The summed E-state index contributed by atoms with van der Waals surface area (Å²) in [5, 5.41) is 4.02. The maximum atomic E-state index is 13.3. The second-order valence-corrected chi connectivity index (χ2v) is 5.55. The summed E-state index contributed by atoms with van der Waals surface area (Å²) in [4.78, 5) is 4.42. The predicted octanol–water partition coefficient (Wildman–Crippen LogP) is 4.39. The van der Waals surface area contributed by atoms with Gasteiger partial charge in [-0.25, -0.2) is 4.39 Å². The number of benzene rings is 2. The summed E-state index contributed by atoms with van der Waals surface area (Å²) in [5.74, 6) is 0.832. The van der Waals surface area contributed by atoms with Crippen molar-refractivity contribution in [3.63, 3.8) is 0 Å². The average molecular weight is 310 g/mol. The van der Waals surface area contributed by atoms with Crippen LogP contribution in [0.25, 0.3) is 22.5 Å². The van der Waals surface area contributed by atoms with Crippen LogP contribution in [0.4, 0.5) is 4.39 Å². The topological polar surface area (TPSA) is 48.2 Å². The quantitative estimate of drug-likeness (QED) is 0.719. The second kappa shape index (κ2) is 5.93. The summed E-state index contributed by atoms with van der Waals surface area (Å²) < 4.78 is 24.1. The number of hydrogen-bond acceptors (Lipinski definition) is 4. The van der Waals surface area contributed by atoms with Gasteiger partial charge in [0.15, 0.2) is 0 Å². The minimum Gasteiger partial charge on any atom is -0.368 e. The fourth-order valence-electron chi connectivity index (χ4n) is 2.74. The predicted molar refractivity (Wildman–Crippen MR) is 83.1 cm³/mol. The van der Waals surface area contributed by atoms with Gasteiger partial charge >= 0.3 is 0 Å². The molecule has 2 heterocycles. The largest absolute Gasteiger partial charge is 0.368 e. The smallest absolute Gasteiger partial charge is 0.256 e. The number of aromatic nitrogens is 2. The highest BCUT2D eigenvalue weighted by Crippen LogP contribution is 2.29. The third-order valence-electron chi connectivity index (χ3n) is 3.95. The van der Waals surface area contributed by atoms with Crippen LogP contribution in [0.15, 0.2) is 53.1 Å². The van der Waals surface area contributed by atoms with E-state index in [1.54, 1.807) is 6.07 Å². The van der Waals surface area contributed by atoms with Gasteiger partial charge in [0.25, 0.3) is 5.89 Å². The van der Waals surface area contributed by atoms with E-state index in [0.717, 1.165) is 36.1 Å². The molecule has 1 atom stereocenters. The van der Waals surface area contributed by atoms with Crippen molar-refractivity contribution in [2.24, 2.45) is 0 Å². The van der Waals surface area contributed by atoms with E-state index in [0.29, 0.717) is 11.7 Å². The number of hydrogen-bond donors (Lipinski definition) is 0. The Hall–Kier alpha value is -2.53. The van der Waals surface area contributed by atoms with Gasteiger partial charge in [-0.15, -0.1) is 0 Å². The maximum Gasteiger partial charge on any atom is 0.256 e. The summed E-state index contributed by atoms with van der Waals surface area (Å²) in [6.45, 7) is 0.741. The zero-order valence-corrected chi connectivity index (χ0v) is 12.4. The van der Waals surface area contributed by atoms with Gasteiger partial charge in [-0.3, -0.25) is 0 Å². The van der Waals surface area contributed by atoms with E-state index in [4.69, 9.17) is 9.26 Å². The van der Waals surface area contributed by atoms with E-state index >= 15 is 0 Å². The average Bonchev–Trinajstić information content (AvgIpc) is 3.26. The summed E-state index contributed by atoms with van der Waals surface area (Å²) in [6, 6.07) is 14.2. The molecule has 0 saturated carbocycles. The van der Waals surface area contributed by atoms with Crippen LogP contribution in [-0.4, -0.2) is 16.7 Å². The lowest BCUT2D eigenvalue weighted by Crippen LogP contribution is -1.95. The molecule has 0 radical (unpaired) electrons. The Kier molecular flexibility index (Phi) is 3.63. The third-order valence-corrected chi connectivity index (χ3v) is 3.95. The first-order valence-electron chi connectivity index (χ1n) is 7.61. The first-order valence-corrected chi connectivity index (χ1v) is 7.61. The highest BCUT2D eigenvalue weighted by molar-refractivity contribution is 5.67. The standard InChI is InChI=1S/C18H15FN2O2/c19-15-4-1-3-14(11-15)12-6-8-13(9-7-12)17-20-18(23-21-17)16-5-2-10-22-16/h1,3-4,6-9,11,16H,2,5,10H2. The summed E-state index contributed by atoms with van der Waals surface area (Å²) >= 11 is 0. The van der Waals surface area contributed by atoms with Crippen molar-refractivity contribution in [1.82, 2.24) is 10.1 Å². The minimum absolute atomic E-state index is 0.0807. The molecule has 1 aliphatic rings. The van der Waals surface area contributed by atoms with Gasteiger partial charge in [0.2, 0.25) is 5.82 Å². The fraction of sp³-hybridized carbons (Fsp3) is 0.222. The molecule has 1 saturated heterocycles. The Balaban J connectivity index is 1.58. The molecule has 0 aliphatic carbocycles. The van der Waals surface area contributed by atoms with Crippen molar-refractivity contribution in [1.29, 1.82) is 0 Å². The molecule has 4 nitrogen and oxygen atoms in total. The molecule has 0 bridgehead atoms. The molecule has 23 heavy (non-hydrogen) atoms. The fourth-order valence-corrected chi connectivity index (χ4v) is 2.74. The van der Waals surface area contributed by atoms with E-state index in [1.165, 1.54) is 12.1 Å². The number of nitrogens with zero attached hydrogens (tertiary/aromatic N) is 2. The van der Waals surface area contributed by atoms with E-state index in [-0.39, 0.29) is 11.9 Å². The summed E-state index contributed by atoms with van der Waals surface area (Å²) in [5.41, 5.74) is 2.64. The molecular formula is C18H15FN2O2. The van der Waals surface area contributed by atoms with Gasteiger partial charge in [-0.2, -0.15) is 4.98 Å². The maximum absolute atomic E-state index is 13.3. The third kappa shape index (κ3) is 2.87. The minimum atomic E-state index is -0.244. The van der Waals surface area contributed by atoms with Crippen molar-refractivity contribution in [3.8, 4) is 22.5 Å². The molecule has 5 heteroatoms. The van der Waals surface area contributed by atoms with E-state index in [1.807, 2.05) is 30.3 Å². The Morgan fingerprint density at radius 2 is 1.83 bits per heavy atom.